The van der Waals surface area contributed by atoms with E-state index in [0.717, 1.165) is 43.1 Å². The van der Waals surface area contributed by atoms with E-state index in [1.807, 2.05) is 6.92 Å². The van der Waals surface area contributed by atoms with E-state index in [9.17, 15) is 4.79 Å². The summed E-state index contributed by atoms with van der Waals surface area (Å²) in [6, 6.07) is 1.76. The number of amides is 1. The van der Waals surface area contributed by atoms with Crippen molar-refractivity contribution in [1.82, 2.24) is 15.3 Å². The molecule has 1 saturated carbocycles. The van der Waals surface area contributed by atoms with Gasteiger partial charge in [0.25, 0.3) is 5.91 Å². The second kappa shape index (κ2) is 8.89. The number of anilines is 1. The zero-order valence-electron chi connectivity index (χ0n) is 15.8. The molecule has 2 heterocycles. The van der Waals surface area contributed by atoms with Crippen molar-refractivity contribution in [2.45, 2.75) is 45.6 Å². The first kappa shape index (κ1) is 19.9. The predicted molar refractivity (Wildman–Crippen MR) is 109 cm³/mol. The van der Waals surface area contributed by atoms with E-state index >= 15 is 0 Å². The Morgan fingerprint density at radius 2 is 2.07 bits per heavy atom. The Bertz CT molecular complexity index is 784. The van der Waals surface area contributed by atoms with Crippen molar-refractivity contribution < 1.29 is 9.53 Å². The number of rotatable bonds is 6. The first-order valence-corrected chi connectivity index (χ1v) is 10.3. The summed E-state index contributed by atoms with van der Waals surface area (Å²) in [5.74, 6) is 0.714. The summed E-state index contributed by atoms with van der Waals surface area (Å²) in [5, 5.41) is 7.97. The van der Waals surface area contributed by atoms with Gasteiger partial charge < -0.3 is 15.4 Å². The van der Waals surface area contributed by atoms with Gasteiger partial charge in [0.1, 0.15) is 5.56 Å². The number of methoxy groups -OCH3 is 1. The molecule has 8 heteroatoms. The van der Waals surface area contributed by atoms with Crippen LogP contribution in [0.3, 0.4) is 0 Å². The molecular formula is C19H25ClN4O2S. The Kier molecular flexibility index (Phi) is 6.55. The van der Waals surface area contributed by atoms with Crippen molar-refractivity contribution in [2.24, 2.45) is 5.92 Å². The van der Waals surface area contributed by atoms with E-state index in [-0.39, 0.29) is 11.9 Å². The maximum Gasteiger partial charge on any atom is 0.257 e. The standard InChI is InChI=1S/C19H25ClN4O2S/c1-11-12(2)27-19(23-11)22-9-13-4-6-15(7-5-13)24-17(25)16-8-14(20)10-21-18(16)26-3/h8,10,13,15H,4-7,9H2,1-3H3,(H,22,23)(H,24,25). The highest BCUT2D eigenvalue weighted by Crippen LogP contribution is 2.27. The Hall–Kier alpha value is -1.86. The molecule has 0 aromatic carbocycles. The number of hydrogen-bond acceptors (Lipinski definition) is 6. The van der Waals surface area contributed by atoms with Crippen LogP contribution in [0.5, 0.6) is 5.88 Å². The highest BCUT2D eigenvalue weighted by Gasteiger charge is 2.24. The minimum atomic E-state index is -0.183. The van der Waals surface area contributed by atoms with Gasteiger partial charge in [0, 0.05) is 23.7 Å². The van der Waals surface area contributed by atoms with Crippen LogP contribution in [0.1, 0.15) is 46.6 Å². The van der Waals surface area contributed by atoms with Gasteiger partial charge in [-0.1, -0.05) is 11.6 Å². The largest absolute Gasteiger partial charge is 0.480 e. The second-order valence-electron chi connectivity index (χ2n) is 6.94. The van der Waals surface area contributed by atoms with Crippen LogP contribution < -0.4 is 15.4 Å². The van der Waals surface area contributed by atoms with Gasteiger partial charge in [-0.3, -0.25) is 4.79 Å². The topological polar surface area (TPSA) is 76.1 Å². The second-order valence-corrected chi connectivity index (χ2v) is 8.58. The number of nitrogens with zero attached hydrogens (tertiary/aromatic N) is 2. The third-order valence-electron chi connectivity index (χ3n) is 5.01. The fraction of sp³-hybridized carbons (Fsp3) is 0.526. The Morgan fingerprint density at radius 1 is 1.33 bits per heavy atom. The number of carbonyl (C=O) groups excluding carboxylic acids is 1. The van der Waals surface area contributed by atoms with E-state index in [0.29, 0.717) is 22.4 Å². The van der Waals surface area contributed by atoms with Crippen molar-refractivity contribution in [3.05, 3.63) is 33.4 Å². The van der Waals surface area contributed by atoms with Crippen LogP contribution in [0.25, 0.3) is 0 Å². The SMILES string of the molecule is COc1ncc(Cl)cc1C(=O)NC1CCC(CNc2nc(C)c(C)s2)CC1. The fourth-order valence-corrected chi connectivity index (χ4v) is 4.29. The first-order valence-electron chi connectivity index (χ1n) is 9.14. The lowest BCUT2D eigenvalue weighted by Gasteiger charge is -2.29. The first-order chi connectivity index (χ1) is 13.0. The molecule has 2 aromatic rings. The van der Waals surface area contributed by atoms with Gasteiger partial charge in [0.2, 0.25) is 5.88 Å². The number of aromatic nitrogens is 2. The quantitative estimate of drug-likeness (QED) is 0.748. The molecule has 2 N–H and O–H groups in total. The van der Waals surface area contributed by atoms with Crippen LogP contribution in [-0.2, 0) is 0 Å². The number of halogens is 1. The third kappa shape index (κ3) is 5.11. The summed E-state index contributed by atoms with van der Waals surface area (Å²) in [6.45, 7) is 5.06. The number of carbonyl (C=O) groups is 1. The molecule has 146 valence electrons. The Balaban J connectivity index is 1.48. The molecular weight excluding hydrogens is 384 g/mol. The van der Waals surface area contributed by atoms with Crippen molar-refractivity contribution >= 4 is 34.0 Å². The van der Waals surface area contributed by atoms with Crippen LogP contribution >= 0.6 is 22.9 Å². The molecule has 1 amide bonds. The Morgan fingerprint density at radius 3 is 2.70 bits per heavy atom. The molecule has 3 rings (SSSR count). The Labute approximate surface area is 168 Å². The van der Waals surface area contributed by atoms with Gasteiger partial charge in [-0.05, 0) is 51.5 Å². The molecule has 1 aliphatic carbocycles. The van der Waals surface area contributed by atoms with Crippen molar-refractivity contribution in [2.75, 3.05) is 19.0 Å². The normalized spacial score (nSPS) is 19.6. The summed E-state index contributed by atoms with van der Waals surface area (Å²) in [5.41, 5.74) is 1.48. The van der Waals surface area contributed by atoms with Crippen LogP contribution in [0, 0.1) is 19.8 Å². The fourth-order valence-electron chi connectivity index (χ4n) is 3.31. The van der Waals surface area contributed by atoms with E-state index in [4.69, 9.17) is 16.3 Å². The molecule has 0 radical (unpaired) electrons. The maximum absolute atomic E-state index is 12.6. The highest BCUT2D eigenvalue weighted by atomic mass is 35.5. The molecule has 6 nitrogen and oxygen atoms in total. The lowest BCUT2D eigenvalue weighted by atomic mass is 9.86. The van der Waals surface area contributed by atoms with Crippen LogP contribution in [0.4, 0.5) is 5.13 Å². The van der Waals surface area contributed by atoms with Crippen molar-refractivity contribution in [3.63, 3.8) is 0 Å². The summed E-state index contributed by atoms with van der Waals surface area (Å²) < 4.78 is 5.17. The molecule has 0 unspecified atom stereocenters. The molecule has 0 aliphatic heterocycles. The predicted octanol–water partition coefficient (Wildman–Crippen LogP) is 4.22. The van der Waals surface area contributed by atoms with E-state index < -0.39 is 0 Å². The average molecular weight is 409 g/mol. The molecule has 1 fully saturated rings. The van der Waals surface area contributed by atoms with Crippen molar-refractivity contribution in [1.29, 1.82) is 0 Å². The number of aryl methyl sites for hydroxylation is 2. The monoisotopic (exact) mass is 408 g/mol. The summed E-state index contributed by atoms with van der Waals surface area (Å²) in [4.78, 5) is 22.4. The van der Waals surface area contributed by atoms with Crippen molar-refractivity contribution in [3.8, 4) is 5.88 Å². The van der Waals surface area contributed by atoms with Gasteiger partial charge in [-0.2, -0.15) is 0 Å². The zero-order valence-corrected chi connectivity index (χ0v) is 17.4. The number of thiazole rings is 1. The molecule has 0 bridgehead atoms. The van der Waals surface area contributed by atoms with E-state index in [1.54, 1.807) is 17.4 Å². The van der Waals surface area contributed by atoms with Gasteiger partial charge in [0.15, 0.2) is 5.13 Å². The third-order valence-corrected chi connectivity index (χ3v) is 6.25. The van der Waals surface area contributed by atoms with Gasteiger partial charge in [-0.15, -0.1) is 11.3 Å². The van der Waals surface area contributed by atoms with Gasteiger partial charge in [-0.25, -0.2) is 9.97 Å². The lowest BCUT2D eigenvalue weighted by Crippen LogP contribution is -2.38. The molecule has 0 atom stereocenters. The van der Waals surface area contributed by atoms with Gasteiger partial charge >= 0.3 is 0 Å². The minimum Gasteiger partial charge on any atom is -0.480 e. The number of ether oxygens (including phenoxy) is 1. The van der Waals surface area contributed by atoms with E-state index in [1.165, 1.54) is 18.2 Å². The smallest absolute Gasteiger partial charge is 0.257 e. The van der Waals surface area contributed by atoms with Crippen LogP contribution in [0.15, 0.2) is 12.3 Å². The number of hydrogen-bond donors (Lipinski definition) is 2. The van der Waals surface area contributed by atoms with Gasteiger partial charge in [0.05, 0.1) is 17.8 Å². The molecule has 1 aliphatic rings. The maximum atomic E-state index is 12.6. The van der Waals surface area contributed by atoms with Crippen LogP contribution in [-0.4, -0.2) is 35.6 Å². The zero-order chi connectivity index (χ0) is 19.4. The lowest BCUT2D eigenvalue weighted by molar-refractivity contribution is 0.0919. The molecule has 2 aromatic heterocycles. The minimum absolute atomic E-state index is 0.168. The number of pyridine rings is 1. The molecule has 27 heavy (non-hydrogen) atoms. The summed E-state index contributed by atoms with van der Waals surface area (Å²) >= 11 is 7.67. The number of nitrogens with one attached hydrogen (secondary N) is 2. The highest BCUT2D eigenvalue weighted by molar-refractivity contribution is 7.15. The van der Waals surface area contributed by atoms with Crippen LogP contribution in [0.2, 0.25) is 5.02 Å². The summed E-state index contributed by atoms with van der Waals surface area (Å²) in [7, 11) is 1.50. The average Bonchev–Trinajstić information content (AvgIpc) is 2.99. The molecule has 0 saturated heterocycles. The summed E-state index contributed by atoms with van der Waals surface area (Å²) in [6.07, 6.45) is 5.55. The van der Waals surface area contributed by atoms with E-state index in [2.05, 4.69) is 27.5 Å². The molecule has 0 spiro atoms.